The summed E-state index contributed by atoms with van der Waals surface area (Å²) in [4.78, 5) is 8.05. The monoisotopic (exact) mass is 247 g/mol. The van der Waals surface area contributed by atoms with Gasteiger partial charge in [-0.2, -0.15) is 4.98 Å². The zero-order chi connectivity index (χ0) is 9.97. The molecule has 0 atom stereocenters. The van der Waals surface area contributed by atoms with Crippen LogP contribution >= 0.6 is 34.7 Å². The second-order valence-corrected chi connectivity index (χ2v) is 4.77. The number of H-pyrrole nitrogens is 1. The maximum atomic E-state index is 5.69. The van der Waals surface area contributed by atoms with Crippen LogP contribution in [-0.4, -0.2) is 20.2 Å². The molecule has 3 N–H and O–H groups in total. The van der Waals surface area contributed by atoms with Gasteiger partial charge in [-0.1, -0.05) is 23.4 Å². The molecule has 5 nitrogen and oxygen atoms in total. The summed E-state index contributed by atoms with van der Waals surface area (Å²) in [6.07, 6.45) is 0. The van der Waals surface area contributed by atoms with Crippen LogP contribution < -0.4 is 5.73 Å². The molecule has 0 saturated heterocycles. The molecular weight excluding hydrogens is 242 g/mol. The van der Waals surface area contributed by atoms with Crippen LogP contribution in [0.4, 0.5) is 5.95 Å². The number of aromatic amines is 1. The van der Waals surface area contributed by atoms with Crippen molar-refractivity contribution in [1.29, 1.82) is 0 Å². The van der Waals surface area contributed by atoms with E-state index in [0.29, 0.717) is 21.3 Å². The van der Waals surface area contributed by atoms with Gasteiger partial charge in [0.1, 0.15) is 0 Å². The van der Waals surface area contributed by atoms with Gasteiger partial charge < -0.3 is 5.73 Å². The van der Waals surface area contributed by atoms with Crippen molar-refractivity contribution >= 4 is 40.6 Å². The fourth-order valence-corrected chi connectivity index (χ4v) is 2.39. The summed E-state index contributed by atoms with van der Waals surface area (Å²) in [6, 6.07) is 0. The van der Waals surface area contributed by atoms with E-state index in [-0.39, 0.29) is 0 Å². The maximum Gasteiger partial charge on any atom is 0.216 e. The molecule has 0 saturated carbocycles. The van der Waals surface area contributed by atoms with E-state index < -0.39 is 0 Å². The van der Waals surface area contributed by atoms with E-state index in [1.807, 2.05) is 5.38 Å². The summed E-state index contributed by atoms with van der Waals surface area (Å²) >= 11 is 8.56. The number of nitrogens with two attached hydrogens (primary N) is 1. The minimum atomic E-state index is 0.323. The summed E-state index contributed by atoms with van der Waals surface area (Å²) in [7, 11) is 0. The molecule has 0 fully saturated rings. The van der Waals surface area contributed by atoms with Crippen LogP contribution in [0.1, 0.15) is 5.69 Å². The molecule has 0 aliphatic rings. The number of rotatable bonds is 3. The molecule has 2 aromatic rings. The summed E-state index contributed by atoms with van der Waals surface area (Å²) in [5.41, 5.74) is 6.30. The predicted molar refractivity (Wildman–Crippen MR) is 57.5 cm³/mol. The Kier molecular flexibility index (Phi) is 2.90. The first kappa shape index (κ1) is 9.75. The van der Waals surface area contributed by atoms with Gasteiger partial charge in [-0.15, -0.1) is 16.4 Å². The SMILES string of the molecule is Nc1nc(SCc2csc(Cl)n2)n[nH]1. The van der Waals surface area contributed by atoms with Gasteiger partial charge >= 0.3 is 0 Å². The zero-order valence-corrected chi connectivity index (χ0v) is 9.29. The molecule has 0 unspecified atom stereocenters. The average Bonchev–Trinajstić information content (AvgIpc) is 2.72. The molecule has 2 rings (SSSR count). The Balaban J connectivity index is 1.94. The van der Waals surface area contributed by atoms with Crippen molar-refractivity contribution < 1.29 is 0 Å². The first-order valence-corrected chi connectivity index (χ1v) is 5.89. The van der Waals surface area contributed by atoms with E-state index in [1.165, 1.54) is 23.1 Å². The molecule has 0 radical (unpaired) electrons. The molecule has 0 spiro atoms. The summed E-state index contributed by atoms with van der Waals surface area (Å²) in [6.45, 7) is 0. The number of hydrogen-bond donors (Lipinski definition) is 2. The molecule has 0 amide bonds. The third-order valence-corrected chi connectivity index (χ3v) is 3.26. The minimum absolute atomic E-state index is 0.323. The molecule has 2 heterocycles. The standard InChI is InChI=1S/C6H6ClN5S2/c7-4-9-3(1-13-4)2-14-6-10-5(8)11-12-6/h1H,2H2,(H3,8,10,11,12). The van der Waals surface area contributed by atoms with Crippen LogP contribution in [0.2, 0.25) is 4.47 Å². The van der Waals surface area contributed by atoms with E-state index in [4.69, 9.17) is 17.3 Å². The maximum absolute atomic E-state index is 5.69. The molecule has 2 aromatic heterocycles. The molecule has 0 aliphatic heterocycles. The van der Waals surface area contributed by atoms with Gasteiger partial charge in [0.15, 0.2) is 4.47 Å². The highest BCUT2D eigenvalue weighted by Crippen LogP contribution is 2.22. The number of halogens is 1. The topological polar surface area (TPSA) is 80.5 Å². The van der Waals surface area contributed by atoms with Gasteiger partial charge in [0, 0.05) is 11.1 Å². The Morgan fingerprint density at radius 3 is 3.00 bits per heavy atom. The molecule has 0 bridgehead atoms. The van der Waals surface area contributed by atoms with Crippen LogP contribution in [0.25, 0.3) is 0 Å². The Hall–Kier alpha value is -0.790. The summed E-state index contributed by atoms with van der Waals surface area (Å²) in [5, 5.41) is 8.97. The van der Waals surface area contributed by atoms with Gasteiger partial charge in [0.2, 0.25) is 11.1 Å². The predicted octanol–water partition coefficient (Wildman–Crippen LogP) is 1.79. The Bertz CT molecular complexity index is 385. The van der Waals surface area contributed by atoms with E-state index >= 15 is 0 Å². The van der Waals surface area contributed by atoms with E-state index in [9.17, 15) is 0 Å². The summed E-state index contributed by atoms with van der Waals surface area (Å²) in [5.74, 6) is 1.02. The zero-order valence-electron chi connectivity index (χ0n) is 6.90. The Morgan fingerprint density at radius 2 is 2.43 bits per heavy atom. The fraction of sp³-hybridized carbons (Fsp3) is 0.167. The first-order valence-electron chi connectivity index (χ1n) is 3.64. The molecule has 74 valence electrons. The highest BCUT2D eigenvalue weighted by molar-refractivity contribution is 7.98. The first-order chi connectivity index (χ1) is 6.74. The number of hydrogen-bond acceptors (Lipinski definition) is 6. The molecule has 0 aliphatic carbocycles. The highest BCUT2D eigenvalue weighted by atomic mass is 35.5. The fourth-order valence-electron chi connectivity index (χ4n) is 0.810. The highest BCUT2D eigenvalue weighted by Gasteiger charge is 2.04. The number of nitrogen functional groups attached to an aromatic ring is 1. The quantitative estimate of drug-likeness (QED) is 0.809. The Labute approximate surface area is 93.1 Å². The number of anilines is 1. The smallest absolute Gasteiger partial charge is 0.216 e. The van der Waals surface area contributed by atoms with Crippen LogP contribution in [0.3, 0.4) is 0 Å². The van der Waals surface area contributed by atoms with Crippen molar-refractivity contribution in [2.75, 3.05) is 5.73 Å². The lowest BCUT2D eigenvalue weighted by Crippen LogP contribution is -1.85. The number of nitrogens with one attached hydrogen (secondary N) is 1. The lowest BCUT2D eigenvalue weighted by molar-refractivity contribution is 0.972. The second-order valence-electron chi connectivity index (χ2n) is 2.38. The molecule has 8 heteroatoms. The normalized spacial score (nSPS) is 10.6. The third kappa shape index (κ3) is 2.37. The lowest BCUT2D eigenvalue weighted by Gasteiger charge is -1.90. The number of thioether (sulfide) groups is 1. The van der Waals surface area contributed by atoms with Crippen LogP contribution in [0, 0.1) is 0 Å². The minimum Gasteiger partial charge on any atom is -0.368 e. The van der Waals surface area contributed by atoms with E-state index in [2.05, 4.69) is 20.2 Å². The van der Waals surface area contributed by atoms with E-state index in [0.717, 1.165) is 5.69 Å². The second kappa shape index (κ2) is 4.16. The van der Waals surface area contributed by atoms with Crippen LogP contribution in [0.5, 0.6) is 0 Å². The van der Waals surface area contributed by atoms with Crippen molar-refractivity contribution in [2.45, 2.75) is 10.9 Å². The van der Waals surface area contributed by atoms with Gasteiger partial charge in [0.05, 0.1) is 5.69 Å². The van der Waals surface area contributed by atoms with Crippen molar-refractivity contribution in [1.82, 2.24) is 20.2 Å². The van der Waals surface area contributed by atoms with Gasteiger partial charge in [-0.3, -0.25) is 0 Å². The van der Waals surface area contributed by atoms with Crippen molar-refractivity contribution in [3.63, 3.8) is 0 Å². The van der Waals surface area contributed by atoms with Crippen LogP contribution in [-0.2, 0) is 5.75 Å². The molecule has 14 heavy (non-hydrogen) atoms. The molecular formula is C6H6ClN5S2. The number of nitrogens with zero attached hydrogens (tertiary/aromatic N) is 3. The number of thiazole rings is 1. The largest absolute Gasteiger partial charge is 0.368 e. The third-order valence-electron chi connectivity index (χ3n) is 1.36. The number of aromatic nitrogens is 4. The van der Waals surface area contributed by atoms with Gasteiger partial charge in [-0.05, 0) is 0 Å². The van der Waals surface area contributed by atoms with Crippen molar-refractivity contribution in [3.8, 4) is 0 Å². The van der Waals surface area contributed by atoms with Crippen molar-refractivity contribution in [3.05, 3.63) is 15.5 Å². The Morgan fingerprint density at radius 1 is 1.57 bits per heavy atom. The molecule has 0 aromatic carbocycles. The van der Waals surface area contributed by atoms with Gasteiger partial charge in [-0.25, -0.2) is 10.1 Å². The van der Waals surface area contributed by atoms with Gasteiger partial charge in [0.25, 0.3) is 0 Å². The summed E-state index contributed by atoms with van der Waals surface area (Å²) < 4.78 is 0.551. The lowest BCUT2D eigenvalue weighted by atomic mass is 10.6. The van der Waals surface area contributed by atoms with E-state index in [1.54, 1.807) is 0 Å². The average molecular weight is 248 g/mol. The van der Waals surface area contributed by atoms with Crippen LogP contribution in [0.15, 0.2) is 10.5 Å². The van der Waals surface area contributed by atoms with Crippen molar-refractivity contribution in [2.24, 2.45) is 0 Å².